The summed E-state index contributed by atoms with van der Waals surface area (Å²) in [6, 6.07) is 6.54. The van der Waals surface area contributed by atoms with Crippen molar-refractivity contribution in [2.45, 2.75) is 33.4 Å². The Morgan fingerprint density at radius 2 is 1.90 bits per heavy atom. The highest BCUT2D eigenvalue weighted by Gasteiger charge is 2.19. The Morgan fingerprint density at radius 3 is 2.50 bits per heavy atom. The Hall–Kier alpha value is -0.770. The number of piperazine rings is 1. The molecule has 1 aliphatic heterocycles. The molecule has 0 amide bonds. The maximum Gasteiger partial charge on any atom is 0.123 e. The van der Waals surface area contributed by atoms with E-state index in [4.69, 9.17) is 16.3 Å². The van der Waals surface area contributed by atoms with E-state index in [1.807, 2.05) is 25.1 Å². The molecule has 0 bridgehead atoms. The van der Waals surface area contributed by atoms with Gasteiger partial charge in [-0.15, -0.1) is 0 Å². The molecule has 1 aromatic rings. The third-order valence-electron chi connectivity index (χ3n) is 3.85. The predicted octanol–water partition coefficient (Wildman–Crippen LogP) is 3.26. The lowest BCUT2D eigenvalue weighted by Crippen LogP contribution is -2.48. The summed E-state index contributed by atoms with van der Waals surface area (Å²) < 4.78 is 5.70. The van der Waals surface area contributed by atoms with E-state index in [0.717, 1.165) is 43.5 Å². The molecule has 112 valence electrons. The van der Waals surface area contributed by atoms with Gasteiger partial charge in [0.2, 0.25) is 0 Å². The largest absolute Gasteiger partial charge is 0.494 e. The van der Waals surface area contributed by atoms with Gasteiger partial charge in [0.25, 0.3) is 0 Å². The third-order valence-corrected chi connectivity index (χ3v) is 4.09. The molecule has 1 aromatic carbocycles. The van der Waals surface area contributed by atoms with Crippen molar-refractivity contribution in [3.8, 4) is 5.75 Å². The number of halogens is 1. The maximum atomic E-state index is 6.12. The van der Waals surface area contributed by atoms with Crippen LogP contribution in [0.1, 0.15) is 26.3 Å². The second kappa shape index (κ2) is 7.30. The summed E-state index contributed by atoms with van der Waals surface area (Å²) >= 11 is 6.12. The molecular weight excluding hydrogens is 272 g/mol. The van der Waals surface area contributed by atoms with Gasteiger partial charge in [-0.25, -0.2) is 0 Å². The van der Waals surface area contributed by atoms with E-state index in [2.05, 4.69) is 23.6 Å². The van der Waals surface area contributed by atoms with Gasteiger partial charge in [0, 0.05) is 49.4 Å². The first-order valence-corrected chi connectivity index (χ1v) is 7.85. The van der Waals surface area contributed by atoms with Crippen LogP contribution in [-0.4, -0.2) is 48.6 Å². The Kier molecular flexibility index (Phi) is 5.70. The van der Waals surface area contributed by atoms with Gasteiger partial charge in [-0.3, -0.25) is 9.80 Å². The zero-order valence-corrected chi connectivity index (χ0v) is 13.5. The van der Waals surface area contributed by atoms with Crippen molar-refractivity contribution in [3.63, 3.8) is 0 Å². The van der Waals surface area contributed by atoms with Crippen LogP contribution in [0.25, 0.3) is 0 Å². The van der Waals surface area contributed by atoms with Crippen molar-refractivity contribution in [2.24, 2.45) is 0 Å². The van der Waals surface area contributed by atoms with Gasteiger partial charge in [0.1, 0.15) is 5.75 Å². The molecular formula is C16H25ClN2O. The van der Waals surface area contributed by atoms with Crippen LogP contribution in [-0.2, 0) is 6.54 Å². The van der Waals surface area contributed by atoms with Crippen LogP contribution < -0.4 is 4.74 Å². The number of nitrogens with zero attached hydrogens (tertiary/aromatic N) is 2. The Morgan fingerprint density at radius 1 is 1.20 bits per heavy atom. The van der Waals surface area contributed by atoms with Gasteiger partial charge in [-0.2, -0.15) is 0 Å². The minimum atomic E-state index is 0.641. The lowest BCUT2D eigenvalue weighted by molar-refractivity contribution is 0.103. The molecule has 1 saturated heterocycles. The predicted molar refractivity (Wildman–Crippen MR) is 84.6 cm³/mol. The SMILES string of the molecule is CCOc1ccc(Cl)cc1CN1CCN(C(C)C)CC1. The van der Waals surface area contributed by atoms with Crippen LogP contribution in [0.15, 0.2) is 18.2 Å². The lowest BCUT2D eigenvalue weighted by atomic mass is 10.1. The van der Waals surface area contributed by atoms with E-state index >= 15 is 0 Å². The van der Waals surface area contributed by atoms with Crippen LogP contribution in [0.4, 0.5) is 0 Å². The summed E-state index contributed by atoms with van der Waals surface area (Å²) in [6.45, 7) is 12.6. The number of hydrogen-bond acceptors (Lipinski definition) is 3. The minimum Gasteiger partial charge on any atom is -0.494 e. The fraction of sp³-hybridized carbons (Fsp3) is 0.625. The molecule has 0 N–H and O–H groups in total. The second-order valence-electron chi connectivity index (χ2n) is 5.59. The quantitative estimate of drug-likeness (QED) is 0.829. The molecule has 0 spiro atoms. The van der Waals surface area contributed by atoms with Crippen molar-refractivity contribution in [2.75, 3.05) is 32.8 Å². The molecule has 3 nitrogen and oxygen atoms in total. The standard InChI is InChI=1S/C16H25ClN2O/c1-4-20-16-6-5-15(17)11-14(16)12-18-7-9-19(10-8-18)13(2)3/h5-6,11,13H,4,7-10,12H2,1-3H3. The van der Waals surface area contributed by atoms with Gasteiger partial charge in [0.15, 0.2) is 0 Å². The lowest BCUT2D eigenvalue weighted by Gasteiger charge is -2.37. The number of rotatable bonds is 5. The topological polar surface area (TPSA) is 15.7 Å². The molecule has 0 radical (unpaired) electrons. The van der Waals surface area contributed by atoms with Gasteiger partial charge in [-0.1, -0.05) is 11.6 Å². The van der Waals surface area contributed by atoms with Gasteiger partial charge >= 0.3 is 0 Å². The van der Waals surface area contributed by atoms with E-state index in [9.17, 15) is 0 Å². The van der Waals surface area contributed by atoms with E-state index < -0.39 is 0 Å². The minimum absolute atomic E-state index is 0.641. The Bertz CT molecular complexity index is 428. The average Bonchev–Trinajstić information content (AvgIpc) is 2.42. The first kappa shape index (κ1) is 15.6. The average molecular weight is 297 g/mol. The third kappa shape index (κ3) is 4.11. The number of ether oxygens (including phenoxy) is 1. The molecule has 0 unspecified atom stereocenters. The molecule has 1 aliphatic rings. The summed E-state index contributed by atoms with van der Waals surface area (Å²) in [7, 11) is 0. The van der Waals surface area contributed by atoms with Crippen molar-refractivity contribution in [3.05, 3.63) is 28.8 Å². The first-order chi connectivity index (χ1) is 9.60. The van der Waals surface area contributed by atoms with Crippen LogP contribution in [0.2, 0.25) is 5.02 Å². The monoisotopic (exact) mass is 296 g/mol. The van der Waals surface area contributed by atoms with Crippen LogP contribution in [0.5, 0.6) is 5.75 Å². The summed E-state index contributed by atoms with van der Waals surface area (Å²) in [5, 5.41) is 0.782. The van der Waals surface area contributed by atoms with E-state index in [1.54, 1.807) is 0 Å². The molecule has 20 heavy (non-hydrogen) atoms. The van der Waals surface area contributed by atoms with Gasteiger partial charge in [-0.05, 0) is 39.0 Å². The molecule has 4 heteroatoms. The van der Waals surface area contributed by atoms with Crippen molar-refractivity contribution >= 4 is 11.6 Å². The summed E-state index contributed by atoms with van der Waals surface area (Å²) in [6.07, 6.45) is 0. The van der Waals surface area contributed by atoms with Gasteiger partial charge < -0.3 is 4.74 Å². The molecule has 1 heterocycles. The number of hydrogen-bond donors (Lipinski definition) is 0. The molecule has 0 atom stereocenters. The molecule has 0 aliphatic carbocycles. The highest BCUT2D eigenvalue weighted by Crippen LogP contribution is 2.25. The smallest absolute Gasteiger partial charge is 0.123 e. The highest BCUT2D eigenvalue weighted by atomic mass is 35.5. The summed E-state index contributed by atoms with van der Waals surface area (Å²) in [5.41, 5.74) is 1.19. The number of benzene rings is 1. The Labute approximate surface area is 127 Å². The van der Waals surface area contributed by atoms with Crippen LogP contribution >= 0.6 is 11.6 Å². The highest BCUT2D eigenvalue weighted by molar-refractivity contribution is 6.30. The van der Waals surface area contributed by atoms with Crippen LogP contribution in [0, 0.1) is 0 Å². The van der Waals surface area contributed by atoms with Crippen molar-refractivity contribution < 1.29 is 4.74 Å². The van der Waals surface area contributed by atoms with E-state index in [-0.39, 0.29) is 0 Å². The maximum absolute atomic E-state index is 6.12. The van der Waals surface area contributed by atoms with Gasteiger partial charge in [0.05, 0.1) is 6.61 Å². The van der Waals surface area contributed by atoms with Crippen molar-refractivity contribution in [1.82, 2.24) is 9.80 Å². The van der Waals surface area contributed by atoms with E-state index in [1.165, 1.54) is 5.56 Å². The summed E-state index contributed by atoms with van der Waals surface area (Å²) in [4.78, 5) is 5.00. The molecule has 0 aromatic heterocycles. The molecule has 2 rings (SSSR count). The first-order valence-electron chi connectivity index (χ1n) is 7.47. The second-order valence-corrected chi connectivity index (χ2v) is 6.03. The fourth-order valence-corrected chi connectivity index (χ4v) is 2.84. The zero-order valence-electron chi connectivity index (χ0n) is 12.7. The molecule has 0 saturated carbocycles. The van der Waals surface area contributed by atoms with Crippen LogP contribution in [0.3, 0.4) is 0 Å². The molecule has 1 fully saturated rings. The zero-order chi connectivity index (χ0) is 14.5. The Balaban J connectivity index is 1.98. The van der Waals surface area contributed by atoms with Crippen molar-refractivity contribution in [1.29, 1.82) is 0 Å². The summed E-state index contributed by atoms with van der Waals surface area (Å²) in [5.74, 6) is 0.961. The normalized spacial score (nSPS) is 17.6. The van der Waals surface area contributed by atoms with E-state index in [0.29, 0.717) is 12.6 Å². The fourth-order valence-electron chi connectivity index (χ4n) is 2.65.